The molecule has 180 valence electrons. The summed E-state index contributed by atoms with van der Waals surface area (Å²) in [6.07, 6.45) is 6.79. The lowest BCUT2D eigenvalue weighted by Crippen LogP contribution is -2.29. The topological polar surface area (TPSA) is 97.1 Å². The minimum Gasteiger partial charge on any atom is -0.389 e. The van der Waals surface area contributed by atoms with Crippen molar-refractivity contribution in [3.8, 4) is 11.1 Å². The second-order valence-electron chi connectivity index (χ2n) is 9.58. The van der Waals surface area contributed by atoms with Gasteiger partial charge in [-0.25, -0.2) is 14.4 Å². The van der Waals surface area contributed by atoms with E-state index in [9.17, 15) is 14.0 Å². The number of hydrogen-bond donors (Lipinski definition) is 2. The maximum atomic E-state index is 14.8. The Morgan fingerprint density at radius 1 is 1.24 bits per heavy atom. The number of fused-ring (bicyclic) bond motifs is 1. The molecule has 2 aromatic heterocycles. The smallest absolute Gasteiger partial charge is 0.228 e. The molecule has 34 heavy (non-hydrogen) atoms. The highest BCUT2D eigenvalue weighted by Gasteiger charge is 2.28. The van der Waals surface area contributed by atoms with Gasteiger partial charge in [-0.3, -0.25) is 9.59 Å². The van der Waals surface area contributed by atoms with E-state index < -0.39 is 6.61 Å². The molecule has 0 unspecified atom stereocenters. The predicted octanol–water partition coefficient (Wildman–Crippen LogP) is 4.82. The molecule has 2 N–H and O–H groups in total. The molecule has 8 heteroatoms. The number of aliphatic hydroxyl groups excluding tert-OH is 1. The van der Waals surface area contributed by atoms with Crippen molar-refractivity contribution < 1.29 is 19.1 Å². The Morgan fingerprint density at radius 2 is 2.03 bits per heavy atom. The molecular weight excluding hydrogens is 435 g/mol. The highest BCUT2D eigenvalue weighted by atomic mass is 19.1. The lowest BCUT2D eigenvalue weighted by Gasteiger charge is -2.27. The number of ketones is 1. The van der Waals surface area contributed by atoms with Crippen molar-refractivity contribution in [2.75, 3.05) is 11.9 Å². The van der Waals surface area contributed by atoms with Crippen molar-refractivity contribution in [3.63, 3.8) is 0 Å². The van der Waals surface area contributed by atoms with E-state index in [1.54, 1.807) is 18.6 Å². The highest BCUT2D eigenvalue weighted by molar-refractivity contribution is 5.93. The lowest BCUT2D eigenvalue weighted by atomic mass is 9.79. The first-order valence-corrected chi connectivity index (χ1v) is 11.8. The minimum atomic E-state index is -0.451. The van der Waals surface area contributed by atoms with Crippen LogP contribution in [0.15, 0.2) is 30.7 Å². The van der Waals surface area contributed by atoms with Crippen molar-refractivity contribution in [2.24, 2.45) is 11.8 Å². The van der Waals surface area contributed by atoms with E-state index >= 15 is 0 Å². The fourth-order valence-electron chi connectivity index (χ4n) is 4.89. The van der Waals surface area contributed by atoms with Crippen LogP contribution in [0.2, 0.25) is 0 Å². The first-order valence-electron chi connectivity index (χ1n) is 11.8. The molecule has 7 nitrogen and oxygen atoms in total. The number of Topliss-reactive ketones (excluding diaryl/α,β-unsaturated/α-hetero) is 1. The average Bonchev–Trinajstić information content (AvgIpc) is 3.25. The quantitative estimate of drug-likeness (QED) is 0.520. The van der Waals surface area contributed by atoms with Crippen LogP contribution in [-0.2, 0) is 9.59 Å². The van der Waals surface area contributed by atoms with E-state index in [4.69, 9.17) is 5.11 Å². The fraction of sp³-hybridized carbons (Fsp3) is 0.462. The van der Waals surface area contributed by atoms with Crippen LogP contribution in [-0.4, -0.2) is 37.9 Å². The van der Waals surface area contributed by atoms with Crippen molar-refractivity contribution >= 4 is 28.5 Å². The molecule has 0 radical (unpaired) electrons. The van der Waals surface area contributed by atoms with Gasteiger partial charge in [0.1, 0.15) is 17.9 Å². The zero-order valence-electron chi connectivity index (χ0n) is 19.8. The summed E-state index contributed by atoms with van der Waals surface area (Å²) in [5.41, 5.74) is 3.41. The molecule has 1 aromatic carbocycles. The Kier molecular flexibility index (Phi) is 7.07. The summed E-state index contributed by atoms with van der Waals surface area (Å²) in [7, 11) is 0. The van der Waals surface area contributed by atoms with Gasteiger partial charge in [-0.05, 0) is 80.8 Å². The summed E-state index contributed by atoms with van der Waals surface area (Å²) in [6.45, 7) is 5.49. The van der Waals surface area contributed by atoms with Gasteiger partial charge in [-0.1, -0.05) is 6.42 Å². The zero-order valence-corrected chi connectivity index (χ0v) is 19.8. The number of aromatic nitrogens is 3. The minimum absolute atomic E-state index is 0.117. The third kappa shape index (κ3) is 5.01. The van der Waals surface area contributed by atoms with Gasteiger partial charge in [-0.15, -0.1) is 0 Å². The molecule has 1 aliphatic carbocycles. The lowest BCUT2D eigenvalue weighted by molar-refractivity contribution is -0.125. The molecular formula is C26H31FN4O3. The van der Waals surface area contributed by atoms with Gasteiger partial charge in [0.25, 0.3) is 0 Å². The van der Waals surface area contributed by atoms with Gasteiger partial charge in [0.2, 0.25) is 5.91 Å². The number of nitrogens with zero attached hydrogens (tertiary/aromatic N) is 3. The van der Waals surface area contributed by atoms with Gasteiger partial charge in [-0.2, -0.15) is 0 Å². The van der Waals surface area contributed by atoms with Crippen LogP contribution in [0.25, 0.3) is 22.2 Å². The number of halogens is 1. The predicted molar refractivity (Wildman–Crippen MR) is 129 cm³/mol. The Hall–Kier alpha value is -3.13. The number of benzene rings is 1. The van der Waals surface area contributed by atoms with Crippen LogP contribution < -0.4 is 5.32 Å². The summed E-state index contributed by atoms with van der Waals surface area (Å²) in [5, 5.41) is 11.9. The summed E-state index contributed by atoms with van der Waals surface area (Å²) < 4.78 is 16.8. The molecule has 1 amide bonds. The first kappa shape index (κ1) is 24.0. The van der Waals surface area contributed by atoms with Crippen LogP contribution in [0.3, 0.4) is 0 Å². The number of aryl methyl sites for hydroxylation is 1. The van der Waals surface area contributed by atoms with E-state index in [1.807, 2.05) is 31.4 Å². The second kappa shape index (κ2) is 10.0. The summed E-state index contributed by atoms with van der Waals surface area (Å²) in [5.74, 6) is -0.365. The molecule has 2 heterocycles. The Balaban J connectivity index is 1.56. The number of nitrogens with one attached hydrogen (secondary N) is 1. The van der Waals surface area contributed by atoms with Crippen molar-refractivity contribution in [2.45, 2.75) is 58.9 Å². The van der Waals surface area contributed by atoms with E-state index in [0.29, 0.717) is 29.7 Å². The van der Waals surface area contributed by atoms with E-state index in [0.717, 1.165) is 35.9 Å². The molecule has 1 saturated carbocycles. The third-order valence-corrected chi connectivity index (χ3v) is 6.70. The number of hydrogen-bond acceptors (Lipinski definition) is 5. The summed E-state index contributed by atoms with van der Waals surface area (Å²) >= 11 is 0. The van der Waals surface area contributed by atoms with Gasteiger partial charge >= 0.3 is 0 Å². The standard InChI is InChI=1S/C26H31FN4O3/c1-15(2)31-14-29-25-22(27)9-19(10-23(25)31)21-11-24(28-12-16(21)3)30-26(34)18-6-4-5-17(7-18)8-20(33)13-32/h9-12,14-15,17-18,32H,4-8,13H2,1-3H3,(H,28,30,34)/t17-,18+/m1/s1. The molecule has 0 saturated heterocycles. The molecule has 1 aliphatic rings. The van der Waals surface area contributed by atoms with Crippen molar-refractivity contribution in [1.29, 1.82) is 0 Å². The molecule has 2 atom stereocenters. The van der Waals surface area contributed by atoms with Crippen LogP contribution in [0.1, 0.15) is 57.6 Å². The number of amides is 1. The van der Waals surface area contributed by atoms with Gasteiger partial charge < -0.3 is 15.0 Å². The molecule has 0 spiro atoms. The van der Waals surface area contributed by atoms with Crippen molar-refractivity contribution in [3.05, 3.63) is 42.1 Å². The molecule has 0 bridgehead atoms. The average molecular weight is 467 g/mol. The summed E-state index contributed by atoms with van der Waals surface area (Å²) in [4.78, 5) is 33.2. The van der Waals surface area contributed by atoms with Crippen molar-refractivity contribution in [1.82, 2.24) is 14.5 Å². The SMILES string of the molecule is Cc1cnc(NC(=O)[C@H]2CCC[C@@H](CC(=O)CO)C2)cc1-c1cc(F)c2ncn(C(C)C)c2c1. The maximum Gasteiger partial charge on any atom is 0.228 e. The monoisotopic (exact) mass is 466 g/mol. The maximum absolute atomic E-state index is 14.8. The first-order chi connectivity index (χ1) is 16.3. The largest absolute Gasteiger partial charge is 0.389 e. The van der Waals surface area contributed by atoms with Gasteiger partial charge in [0, 0.05) is 24.6 Å². The van der Waals surface area contributed by atoms with E-state index in [1.165, 1.54) is 6.07 Å². The Labute approximate surface area is 198 Å². The third-order valence-electron chi connectivity index (χ3n) is 6.70. The Bertz CT molecular complexity index is 1220. The fourth-order valence-corrected chi connectivity index (χ4v) is 4.89. The van der Waals surface area contributed by atoms with Crippen LogP contribution in [0.4, 0.5) is 10.2 Å². The molecule has 1 fully saturated rings. The van der Waals surface area contributed by atoms with E-state index in [-0.39, 0.29) is 35.4 Å². The number of carbonyl (C=O) groups is 2. The van der Waals surface area contributed by atoms with Crippen LogP contribution in [0.5, 0.6) is 0 Å². The molecule has 0 aliphatic heterocycles. The normalized spacial score (nSPS) is 18.4. The van der Waals surface area contributed by atoms with Crippen LogP contribution >= 0.6 is 0 Å². The van der Waals surface area contributed by atoms with Gasteiger partial charge in [0.15, 0.2) is 11.6 Å². The number of carbonyl (C=O) groups excluding carboxylic acids is 2. The van der Waals surface area contributed by atoms with Crippen LogP contribution in [0, 0.1) is 24.6 Å². The number of rotatable bonds is 7. The molecule has 3 aromatic rings. The number of aliphatic hydroxyl groups is 1. The highest BCUT2D eigenvalue weighted by Crippen LogP contribution is 2.33. The van der Waals surface area contributed by atoms with E-state index in [2.05, 4.69) is 15.3 Å². The van der Waals surface area contributed by atoms with Gasteiger partial charge in [0.05, 0.1) is 11.8 Å². The zero-order chi connectivity index (χ0) is 24.4. The second-order valence-corrected chi connectivity index (χ2v) is 9.58. The Morgan fingerprint density at radius 3 is 2.76 bits per heavy atom. The summed E-state index contributed by atoms with van der Waals surface area (Å²) in [6, 6.07) is 5.31. The number of anilines is 1. The number of imidazole rings is 1. The molecule has 4 rings (SSSR count). The number of pyridine rings is 1.